The summed E-state index contributed by atoms with van der Waals surface area (Å²) in [6.45, 7) is 0.861. The third-order valence-corrected chi connectivity index (χ3v) is 4.19. The summed E-state index contributed by atoms with van der Waals surface area (Å²) in [5.74, 6) is 0.662. The van der Waals surface area contributed by atoms with Crippen LogP contribution in [0.2, 0.25) is 0 Å². The molecule has 0 amide bonds. The van der Waals surface area contributed by atoms with E-state index in [9.17, 15) is 5.26 Å². The van der Waals surface area contributed by atoms with Crippen molar-refractivity contribution in [3.63, 3.8) is 0 Å². The lowest BCUT2D eigenvalue weighted by Gasteiger charge is -2.16. The molecule has 1 aliphatic rings. The largest absolute Gasteiger partial charge is 0.384 e. The number of nitrogens with zero attached hydrogens (tertiary/aromatic N) is 2. The van der Waals surface area contributed by atoms with E-state index < -0.39 is 0 Å². The maximum absolute atomic E-state index is 9.33. The predicted octanol–water partition coefficient (Wildman–Crippen LogP) is 3.06. The van der Waals surface area contributed by atoms with Crippen LogP contribution in [-0.2, 0) is 25.8 Å². The minimum absolute atomic E-state index is 0.662. The lowest BCUT2D eigenvalue weighted by atomic mass is 9.95. The van der Waals surface area contributed by atoms with Crippen molar-refractivity contribution in [2.75, 3.05) is 5.73 Å². The van der Waals surface area contributed by atoms with Gasteiger partial charge in [-0.1, -0.05) is 30.3 Å². The molecular weight excluding hydrogens is 246 g/mol. The summed E-state index contributed by atoms with van der Waals surface area (Å²) in [5.41, 5.74) is 10.7. The van der Waals surface area contributed by atoms with Gasteiger partial charge in [0.25, 0.3) is 0 Å². The maximum Gasteiger partial charge on any atom is 0.122 e. The molecule has 0 atom stereocenters. The number of hydrogen-bond donors (Lipinski definition) is 1. The molecule has 102 valence electrons. The zero-order valence-corrected chi connectivity index (χ0v) is 11.6. The molecule has 0 bridgehead atoms. The average Bonchev–Trinajstić information content (AvgIpc) is 2.77. The fourth-order valence-corrected chi connectivity index (χ4v) is 3.16. The van der Waals surface area contributed by atoms with Crippen molar-refractivity contribution in [1.29, 1.82) is 5.26 Å². The Bertz CT molecular complexity index is 647. The van der Waals surface area contributed by atoms with Crippen LogP contribution in [0.1, 0.15) is 35.2 Å². The van der Waals surface area contributed by atoms with Crippen LogP contribution < -0.4 is 5.73 Å². The molecule has 3 heteroatoms. The second kappa shape index (κ2) is 5.42. The highest BCUT2D eigenvalue weighted by Crippen LogP contribution is 2.31. The number of nitrogen functional groups attached to an aromatic ring is 1. The molecule has 1 aromatic heterocycles. The summed E-state index contributed by atoms with van der Waals surface area (Å²) in [6.07, 6.45) is 5.38. The third-order valence-electron chi connectivity index (χ3n) is 4.19. The maximum atomic E-state index is 9.33. The van der Waals surface area contributed by atoms with Crippen LogP contribution in [-0.4, -0.2) is 4.57 Å². The Morgan fingerprint density at radius 1 is 1.15 bits per heavy atom. The smallest absolute Gasteiger partial charge is 0.122 e. The molecule has 0 radical (unpaired) electrons. The zero-order chi connectivity index (χ0) is 13.9. The highest BCUT2D eigenvalue weighted by Gasteiger charge is 2.22. The molecule has 20 heavy (non-hydrogen) atoms. The van der Waals surface area contributed by atoms with E-state index in [2.05, 4.69) is 34.9 Å². The minimum Gasteiger partial charge on any atom is -0.384 e. The summed E-state index contributed by atoms with van der Waals surface area (Å²) < 4.78 is 2.17. The molecule has 3 rings (SSSR count). The topological polar surface area (TPSA) is 54.7 Å². The first-order chi connectivity index (χ1) is 9.81. The van der Waals surface area contributed by atoms with E-state index in [1.165, 1.54) is 29.7 Å². The van der Waals surface area contributed by atoms with E-state index in [0.717, 1.165) is 25.8 Å². The highest BCUT2D eigenvalue weighted by atomic mass is 15.1. The highest BCUT2D eigenvalue weighted by molar-refractivity contribution is 5.59. The van der Waals surface area contributed by atoms with Crippen molar-refractivity contribution >= 4 is 5.82 Å². The molecule has 1 aromatic carbocycles. The molecular formula is C17H19N3. The van der Waals surface area contributed by atoms with Crippen LogP contribution in [0.5, 0.6) is 0 Å². The quantitative estimate of drug-likeness (QED) is 0.927. The summed E-state index contributed by atoms with van der Waals surface area (Å²) in [6, 6.07) is 12.7. The molecule has 2 aromatic rings. The fraction of sp³-hybridized carbons (Fsp3) is 0.353. The monoisotopic (exact) mass is 265 g/mol. The molecule has 1 heterocycles. The number of anilines is 1. The Balaban J connectivity index is 1.90. The standard InChI is InChI=1S/C17H19N3/c18-12-15-14-8-4-5-9-16(14)20(17(15)19)11-10-13-6-2-1-3-7-13/h1-3,6-7H,4-5,8-11,19H2. The zero-order valence-electron chi connectivity index (χ0n) is 11.6. The van der Waals surface area contributed by atoms with Crippen molar-refractivity contribution in [2.24, 2.45) is 0 Å². The van der Waals surface area contributed by atoms with Gasteiger partial charge in [-0.05, 0) is 43.2 Å². The summed E-state index contributed by atoms with van der Waals surface area (Å²) in [5, 5.41) is 9.33. The Morgan fingerprint density at radius 3 is 2.65 bits per heavy atom. The van der Waals surface area contributed by atoms with Crippen molar-refractivity contribution in [3.8, 4) is 6.07 Å². The van der Waals surface area contributed by atoms with Gasteiger partial charge in [0.15, 0.2) is 0 Å². The minimum atomic E-state index is 0.662. The van der Waals surface area contributed by atoms with Gasteiger partial charge in [0.2, 0.25) is 0 Å². The van der Waals surface area contributed by atoms with Crippen LogP contribution in [0.15, 0.2) is 30.3 Å². The van der Waals surface area contributed by atoms with Crippen molar-refractivity contribution in [3.05, 3.63) is 52.7 Å². The van der Waals surface area contributed by atoms with Gasteiger partial charge in [-0.25, -0.2) is 0 Å². The van der Waals surface area contributed by atoms with Crippen LogP contribution in [0.4, 0.5) is 5.82 Å². The summed E-state index contributed by atoms with van der Waals surface area (Å²) >= 11 is 0. The van der Waals surface area contributed by atoms with Gasteiger partial charge in [-0.15, -0.1) is 0 Å². The molecule has 0 saturated heterocycles. The Morgan fingerprint density at radius 2 is 1.90 bits per heavy atom. The second-order valence-corrected chi connectivity index (χ2v) is 5.39. The normalized spacial score (nSPS) is 13.8. The molecule has 0 fully saturated rings. The van der Waals surface area contributed by atoms with Crippen molar-refractivity contribution in [2.45, 2.75) is 38.6 Å². The summed E-state index contributed by atoms with van der Waals surface area (Å²) in [7, 11) is 0. The van der Waals surface area contributed by atoms with Gasteiger partial charge in [-0.2, -0.15) is 5.26 Å². The number of fused-ring (bicyclic) bond motifs is 1. The summed E-state index contributed by atoms with van der Waals surface area (Å²) in [4.78, 5) is 0. The van der Waals surface area contributed by atoms with E-state index in [-0.39, 0.29) is 0 Å². The van der Waals surface area contributed by atoms with Crippen molar-refractivity contribution < 1.29 is 0 Å². The lowest BCUT2D eigenvalue weighted by Crippen LogP contribution is -2.11. The Kier molecular flexibility index (Phi) is 3.47. The van der Waals surface area contributed by atoms with Crippen LogP contribution in [0, 0.1) is 11.3 Å². The molecule has 0 saturated carbocycles. The molecule has 1 aliphatic carbocycles. The Labute approximate surface area is 119 Å². The first-order valence-electron chi connectivity index (χ1n) is 7.25. The molecule has 2 N–H and O–H groups in total. The van der Waals surface area contributed by atoms with Crippen LogP contribution in [0.25, 0.3) is 0 Å². The molecule has 0 unspecified atom stereocenters. The second-order valence-electron chi connectivity index (χ2n) is 5.39. The number of aromatic nitrogens is 1. The number of aryl methyl sites for hydroxylation is 1. The third kappa shape index (κ3) is 2.18. The average molecular weight is 265 g/mol. The number of nitriles is 1. The van der Waals surface area contributed by atoms with Crippen molar-refractivity contribution in [1.82, 2.24) is 4.57 Å². The van der Waals surface area contributed by atoms with Gasteiger partial charge in [-0.3, -0.25) is 0 Å². The first kappa shape index (κ1) is 12.8. The van der Waals surface area contributed by atoms with Gasteiger partial charge >= 0.3 is 0 Å². The van der Waals surface area contributed by atoms with E-state index >= 15 is 0 Å². The van der Waals surface area contributed by atoms with Gasteiger partial charge in [0, 0.05) is 12.2 Å². The molecule has 0 aliphatic heterocycles. The molecule has 0 spiro atoms. The SMILES string of the molecule is N#Cc1c2c(n(CCc3ccccc3)c1N)CCCC2. The van der Waals surface area contributed by atoms with E-state index in [1.807, 2.05) is 6.07 Å². The van der Waals surface area contributed by atoms with Gasteiger partial charge < -0.3 is 10.3 Å². The number of rotatable bonds is 3. The number of benzene rings is 1. The van der Waals surface area contributed by atoms with E-state index in [4.69, 9.17) is 5.73 Å². The van der Waals surface area contributed by atoms with Crippen LogP contribution in [0.3, 0.4) is 0 Å². The lowest BCUT2D eigenvalue weighted by molar-refractivity contribution is 0.607. The van der Waals surface area contributed by atoms with Gasteiger partial charge in [0.1, 0.15) is 11.9 Å². The van der Waals surface area contributed by atoms with E-state index in [0.29, 0.717) is 11.4 Å². The fourth-order valence-electron chi connectivity index (χ4n) is 3.16. The van der Waals surface area contributed by atoms with E-state index in [1.54, 1.807) is 0 Å². The van der Waals surface area contributed by atoms with Gasteiger partial charge in [0.05, 0.1) is 5.56 Å². The van der Waals surface area contributed by atoms with Crippen LogP contribution >= 0.6 is 0 Å². The molecule has 3 nitrogen and oxygen atoms in total. The number of hydrogen-bond acceptors (Lipinski definition) is 2. The number of nitrogens with two attached hydrogens (primary N) is 1. The first-order valence-corrected chi connectivity index (χ1v) is 7.25. The predicted molar refractivity (Wildman–Crippen MR) is 80.3 cm³/mol. The Hall–Kier alpha value is -2.21.